The third kappa shape index (κ3) is 6.45. The Morgan fingerprint density at radius 2 is 0.841 bits per heavy atom. The van der Waals surface area contributed by atoms with Crippen molar-refractivity contribution in [2.45, 2.75) is 0 Å². The molecule has 6 heteroatoms. The molecule has 0 unspecified atom stereocenters. The Morgan fingerprint density at radius 3 is 1.64 bits per heavy atom. The van der Waals surface area contributed by atoms with Crippen molar-refractivity contribution in [3.63, 3.8) is 0 Å². The summed E-state index contributed by atoms with van der Waals surface area (Å²) in [5, 5.41) is 6.68. The number of hydrogen-bond acceptors (Lipinski definition) is 5. The molecule has 0 aliphatic heterocycles. The average molecular weight is 883 g/mol. The van der Waals surface area contributed by atoms with E-state index >= 15 is 0 Å². The van der Waals surface area contributed by atoms with Crippen molar-refractivity contribution in [1.82, 2.24) is 19.5 Å². The fourth-order valence-corrected chi connectivity index (χ4v) is 10.3. The molecule has 4 aromatic heterocycles. The Kier molecular flexibility index (Phi) is 8.79. The molecular weight excluding hydrogens is 845 g/mol. The molecule has 0 bridgehead atoms. The molecule has 0 N–H and O–H groups in total. The summed E-state index contributed by atoms with van der Waals surface area (Å²) in [5.41, 5.74) is 16.0. The maximum atomic E-state index is 6.36. The highest BCUT2D eigenvalue weighted by molar-refractivity contribution is 6.16. The first-order chi connectivity index (χ1) is 34.2. The Morgan fingerprint density at radius 1 is 0.290 bits per heavy atom. The summed E-state index contributed by atoms with van der Waals surface area (Å²) >= 11 is 0. The summed E-state index contributed by atoms with van der Waals surface area (Å²) < 4.78 is 15.1. The predicted molar refractivity (Wildman–Crippen MR) is 281 cm³/mol. The molecule has 0 saturated carbocycles. The van der Waals surface area contributed by atoms with Crippen molar-refractivity contribution in [2.75, 3.05) is 0 Å². The minimum Gasteiger partial charge on any atom is -0.456 e. The van der Waals surface area contributed by atoms with E-state index in [0.717, 1.165) is 121 Å². The highest BCUT2D eigenvalue weighted by atomic mass is 16.3. The van der Waals surface area contributed by atoms with Gasteiger partial charge in [0.05, 0.1) is 11.0 Å². The molecule has 0 aliphatic carbocycles. The molecule has 0 atom stereocenters. The summed E-state index contributed by atoms with van der Waals surface area (Å²) in [7, 11) is 0. The minimum absolute atomic E-state index is 0.568. The molecule has 14 rings (SSSR count). The fraction of sp³-hybridized carbons (Fsp3) is 0. The van der Waals surface area contributed by atoms with Crippen molar-refractivity contribution < 1.29 is 8.83 Å². The summed E-state index contributed by atoms with van der Waals surface area (Å²) in [6, 6.07) is 80.7. The van der Waals surface area contributed by atoms with Gasteiger partial charge in [0.2, 0.25) is 0 Å². The summed E-state index contributed by atoms with van der Waals surface area (Å²) in [6.45, 7) is 0. The van der Waals surface area contributed by atoms with E-state index in [9.17, 15) is 0 Å². The van der Waals surface area contributed by atoms with Gasteiger partial charge in [-0.1, -0.05) is 164 Å². The second-order valence-corrected chi connectivity index (χ2v) is 17.5. The first-order valence-electron chi connectivity index (χ1n) is 23.2. The number of fused-ring (bicyclic) bond motifs is 9. The van der Waals surface area contributed by atoms with Gasteiger partial charge in [0, 0.05) is 60.3 Å². The molecule has 322 valence electrons. The Bertz CT molecular complexity index is 4320. The molecule has 0 amide bonds. The van der Waals surface area contributed by atoms with Crippen LogP contribution in [0, 0.1) is 0 Å². The lowest BCUT2D eigenvalue weighted by Gasteiger charge is -2.15. The quantitative estimate of drug-likeness (QED) is 0.159. The highest BCUT2D eigenvalue weighted by Crippen LogP contribution is 2.44. The summed E-state index contributed by atoms with van der Waals surface area (Å²) in [5.74, 6) is 1.74. The van der Waals surface area contributed by atoms with E-state index in [1.54, 1.807) is 0 Å². The van der Waals surface area contributed by atoms with Crippen molar-refractivity contribution in [3.8, 4) is 73.2 Å². The van der Waals surface area contributed by atoms with Crippen LogP contribution < -0.4 is 0 Å². The number of rotatable bonds is 7. The van der Waals surface area contributed by atoms with Crippen LogP contribution in [0.3, 0.4) is 0 Å². The zero-order valence-corrected chi connectivity index (χ0v) is 37.0. The maximum Gasteiger partial charge on any atom is 0.164 e. The first-order valence-corrected chi connectivity index (χ1v) is 23.2. The van der Waals surface area contributed by atoms with Gasteiger partial charge in [-0.05, 0) is 94.5 Å². The molecule has 0 saturated heterocycles. The van der Waals surface area contributed by atoms with Gasteiger partial charge >= 0.3 is 0 Å². The van der Waals surface area contributed by atoms with Crippen molar-refractivity contribution in [2.24, 2.45) is 0 Å². The second-order valence-electron chi connectivity index (χ2n) is 17.5. The molecule has 6 nitrogen and oxygen atoms in total. The van der Waals surface area contributed by atoms with E-state index in [-0.39, 0.29) is 0 Å². The number of benzene rings is 10. The van der Waals surface area contributed by atoms with Crippen LogP contribution in [-0.4, -0.2) is 19.5 Å². The van der Waals surface area contributed by atoms with E-state index in [1.165, 1.54) is 0 Å². The highest BCUT2D eigenvalue weighted by Gasteiger charge is 2.21. The molecular formula is C63H38N4O2. The molecule has 0 spiro atoms. The van der Waals surface area contributed by atoms with Crippen LogP contribution in [0.2, 0.25) is 0 Å². The van der Waals surface area contributed by atoms with E-state index in [1.807, 2.05) is 66.7 Å². The number of aromatic nitrogens is 4. The lowest BCUT2D eigenvalue weighted by molar-refractivity contribution is 0.668. The van der Waals surface area contributed by atoms with E-state index in [0.29, 0.717) is 17.5 Å². The number of nitrogens with zero attached hydrogens (tertiary/aromatic N) is 4. The monoisotopic (exact) mass is 882 g/mol. The predicted octanol–water partition coefficient (Wildman–Crippen LogP) is 16.8. The smallest absolute Gasteiger partial charge is 0.164 e. The van der Waals surface area contributed by atoms with Gasteiger partial charge in [-0.2, -0.15) is 0 Å². The molecule has 0 fully saturated rings. The van der Waals surface area contributed by atoms with Crippen LogP contribution in [0.1, 0.15) is 0 Å². The fourth-order valence-electron chi connectivity index (χ4n) is 10.3. The van der Waals surface area contributed by atoms with Gasteiger partial charge in [0.25, 0.3) is 0 Å². The van der Waals surface area contributed by atoms with Gasteiger partial charge in [0.15, 0.2) is 17.5 Å². The third-order valence-electron chi connectivity index (χ3n) is 13.4. The lowest BCUT2D eigenvalue weighted by Crippen LogP contribution is -2.01. The van der Waals surface area contributed by atoms with Crippen LogP contribution in [0.5, 0.6) is 0 Å². The minimum atomic E-state index is 0.568. The number of hydrogen-bond donors (Lipinski definition) is 0. The van der Waals surface area contributed by atoms with Crippen LogP contribution in [0.25, 0.3) is 139 Å². The van der Waals surface area contributed by atoms with Crippen LogP contribution in [0.4, 0.5) is 0 Å². The number of furan rings is 2. The molecule has 14 aromatic rings. The molecule has 0 radical (unpaired) electrons. The third-order valence-corrected chi connectivity index (χ3v) is 13.4. The van der Waals surface area contributed by atoms with Crippen molar-refractivity contribution in [1.29, 1.82) is 0 Å². The molecule has 10 aromatic carbocycles. The molecule has 0 aliphatic rings. The van der Waals surface area contributed by atoms with E-state index < -0.39 is 0 Å². The standard InChI is InChI=1S/C63H38N4O2/c1-3-16-39(17-4-1)45-36-52(42-21-13-20-41(34-42)47-27-15-31-57-59(47)51-26-9-12-30-56(51)68-57)60-53(37-45)48-24-7-10-28-54(48)67(60)46-23-14-22-43(35-46)62-64-61(40-18-5-2-6-19-40)65-63(66-62)44-32-33-50-49-25-8-11-29-55(49)69-58(50)38-44/h1-38H. The normalized spacial score (nSPS) is 11.8. The van der Waals surface area contributed by atoms with Gasteiger partial charge < -0.3 is 13.4 Å². The van der Waals surface area contributed by atoms with Crippen LogP contribution in [0.15, 0.2) is 239 Å². The zero-order valence-electron chi connectivity index (χ0n) is 37.0. The molecule has 69 heavy (non-hydrogen) atoms. The Hall–Kier alpha value is -9.39. The van der Waals surface area contributed by atoms with E-state index in [4.69, 9.17) is 23.8 Å². The first kappa shape index (κ1) is 38.8. The summed E-state index contributed by atoms with van der Waals surface area (Å²) in [4.78, 5) is 15.5. The summed E-state index contributed by atoms with van der Waals surface area (Å²) in [6.07, 6.45) is 0. The maximum absolute atomic E-state index is 6.36. The van der Waals surface area contributed by atoms with Gasteiger partial charge in [-0.3, -0.25) is 0 Å². The SMILES string of the molecule is c1ccc(-c2cc(-c3cccc(-c4cccc5oc6ccccc6c45)c3)c3c(c2)c2ccccc2n3-c2cccc(-c3nc(-c4ccccc4)nc(-c4ccc5c(c4)oc4ccccc45)n3)c2)cc1. The lowest BCUT2D eigenvalue weighted by atomic mass is 9.92. The topological polar surface area (TPSA) is 69.9 Å². The number of para-hydroxylation sites is 3. The van der Waals surface area contributed by atoms with Crippen LogP contribution in [-0.2, 0) is 0 Å². The Labute approximate surface area is 396 Å². The van der Waals surface area contributed by atoms with Gasteiger partial charge in [-0.25, -0.2) is 15.0 Å². The van der Waals surface area contributed by atoms with Gasteiger partial charge in [-0.15, -0.1) is 0 Å². The average Bonchev–Trinajstić information content (AvgIpc) is 4.11. The van der Waals surface area contributed by atoms with Gasteiger partial charge in [0.1, 0.15) is 22.3 Å². The van der Waals surface area contributed by atoms with Crippen molar-refractivity contribution in [3.05, 3.63) is 231 Å². The second kappa shape index (κ2) is 15.6. The van der Waals surface area contributed by atoms with Crippen LogP contribution >= 0.6 is 0 Å². The largest absolute Gasteiger partial charge is 0.456 e. The van der Waals surface area contributed by atoms with E-state index in [2.05, 4.69) is 168 Å². The Balaban J connectivity index is 0.978. The zero-order chi connectivity index (χ0) is 45.4. The van der Waals surface area contributed by atoms with Crippen molar-refractivity contribution >= 4 is 65.7 Å². The molecule has 4 heterocycles.